The second-order valence-electron chi connectivity index (χ2n) is 5.61. The molecule has 1 amide bonds. The number of nitrogens with zero attached hydrogens (tertiary/aromatic N) is 1. The van der Waals surface area contributed by atoms with Crippen LogP contribution in [0.15, 0.2) is 63.8 Å². The molecule has 4 nitrogen and oxygen atoms in total. The molecule has 0 N–H and O–H groups in total. The first-order valence-corrected chi connectivity index (χ1v) is 7.53. The van der Waals surface area contributed by atoms with Crippen LogP contribution in [-0.4, -0.2) is 17.9 Å². The van der Waals surface area contributed by atoms with E-state index in [1.165, 1.54) is 23.1 Å². The van der Waals surface area contributed by atoms with E-state index in [-0.39, 0.29) is 23.0 Å². The van der Waals surface area contributed by atoms with Crippen LogP contribution in [0.4, 0.5) is 4.39 Å². The number of rotatable bonds is 3. The molecule has 0 saturated carbocycles. The molecule has 1 heterocycles. The normalized spacial score (nSPS) is 12.1. The van der Waals surface area contributed by atoms with Crippen LogP contribution in [0.1, 0.15) is 29.1 Å². The lowest BCUT2D eigenvalue weighted by Crippen LogP contribution is -2.30. The third kappa shape index (κ3) is 2.93. The van der Waals surface area contributed by atoms with Gasteiger partial charge in [0.15, 0.2) is 11.2 Å². The SMILES string of the molecule is CC(c1ccc(F)cc1)N(C)C(=O)c1cc(=O)c2ccccc2o1. The molecule has 24 heavy (non-hydrogen) atoms. The molecule has 2 aromatic carbocycles. The Labute approximate surface area is 138 Å². The van der Waals surface area contributed by atoms with Gasteiger partial charge >= 0.3 is 0 Å². The predicted octanol–water partition coefficient (Wildman–Crippen LogP) is 3.77. The van der Waals surface area contributed by atoms with Crippen LogP contribution in [0.3, 0.4) is 0 Å². The molecule has 0 aliphatic rings. The number of amides is 1. The third-order valence-electron chi connectivity index (χ3n) is 4.10. The first kappa shape index (κ1) is 15.9. The van der Waals surface area contributed by atoms with Gasteiger partial charge in [0.2, 0.25) is 0 Å². The fraction of sp³-hybridized carbons (Fsp3) is 0.158. The van der Waals surface area contributed by atoms with Crippen LogP contribution < -0.4 is 5.43 Å². The summed E-state index contributed by atoms with van der Waals surface area (Å²) in [5, 5.41) is 0.434. The van der Waals surface area contributed by atoms with Crippen molar-refractivity contribution in [3.8, 4) is 0 Å². The van der Waals surface area contributed by atoms with E-state index in [1.54, 1.807) is 43.4 Å². The molecule has 1 aromatic heterocycles. The van der Waals surface area contributed by atoms with Crippen LogP contribution in [0, 0.1) is 5.82 Å². The van der Waals surface area contributed by atoms with Crippen LogP contribution in [0.2, 0.25) is 0 Å². The molecule has 0 spiro atoms. The topological polar surface area (TPSA) is 50.5 Å². The summed E-state index contributed by atoms with van der Waals surface area (Å²) in [7, 11) is 1.62. The number of carbonyl (C=O) groups is 1. The quantitative estimate of drug-likeness (QED) is 0.736. The van der Waals surface area contributed by atoms with Gasteiger partial charge in [-0.1, -0.05) is 24.3 Å². The Kier molecular flexibility index (Phi) is 4.16. The van der Waals surface area contributed by atoms with Gasteiger partial charge in [0.1, 0.15) is 11.4 Å². The zero-order valence-corrected chi connectivity index (χ0v) is 13.3. The molecule has 3 aromatic rings. The van der Waals surface area contributed by atoms with Gasteiger partial charge in [-0.25, -0.2) is 4.39 Å². The van der Waals surface area contributed by atoms with Gasteiger partial charge in [-0.2, -0.15) is 0 Å². The van der Waals surface area contributed by atoms with Crippen LogP contribution >= 0.6 is 0 Å². The zero-order valence-electron chi connectivity index (χ0n) is 13.3. The molecule has 3 rings (SSSR count). The van der Waals surface area contributed by atoms with E-state index in [9.17, 15) is 14.0 Å². The lowest BCUT2D eigenvalue weighted by molar-refractivity contribution is 0.0711. The summed E-state index contributed by atoms with van der Waals surface area (Å²) in [5.41, 5.74) is 0.898. The van der Waals surface area contributed by atoms with E-state index in [0.29, 0.717) is 11.0 Å². The molecule has 1 unspecified atom stereocenters. The van der Waals surface area contributed by atoms with Crippen molar-refractivity contribution in [1.29, 1.82) is 0 Å². The highest BCUT2D eigenvalue weighted by Crippen LogP contribution is 2.21. The van der Waals surface area contributed by atoms with Crippen molar-refractivity contribution in [1.82, 2.24) is 4.90 Å². The van der Waals surface area contributed by atoms with Gasteiger partial charge in [-0.15, -0.1) is 0 Å². The first-order valence-electron chi connectivity index (χ1n) is 7.53. The minimum atomic E-state index is -0.408. The Morgan fingerprint density at radius 2 is 1.79 bits per heavy atom. The average molecular weight is 325 g/mol. The largest absolute Gasteiger partial charge is 0.451 e. The van der Waals surface area contributed by atoms with Crippen molar-refractivity contribution < 1.29 is 13.6 Å². The van der Waals surface area contributed by atoms with Crippen LogP contribution in [-0.2, 0) is 0 Å². The number of fused-ring (bicyclic) bond motifs is 1. The Balaban J connectivity index is 1.93. The van der Waals surface area contributed by atoms with Gasteiger partial charge in [0, 0.05) is 13.1 Å². The van der Waals surface area contributed by atoms with Crippen LogP contribution in [0.25, 0.3) is 11.0 Å². The van der Waals surface area contributed by atoms with Gasteiger partial charge in [-0.05, 0) is 36.8 Å². The summed E-state index contributed by atoms with van der Waals surface area (Å²) >= 11 is 0. The van der Waals surface area contributed by atoms with Crippen molar-refractivity contribution in [3.05, 3.63) is 82.0 Å². The predicted molar refractivity (Wildman–Crippen MR) is 89.4 cm³/mol. The monoisotopic (exact) mass is 325 g/mol. The Hall–Kier alpha value is -2.95. The maximum atomic E-state index is 13.0. The molecule has 0 bridgehead atoms. The lowest BCUT2D eigenvalue weighted by atomic mass is 10.1. The summed E-state index contributed by atoms with van der Waals surface area (Å²) in [4.78, 5) is 26.2. The standard InChI is InChI=1S/C19H16FNO3/c1-12(13-7-9-14(20)10-8-13)21(2)19(23)18-11-16(22)15-5-3-4-6-17(15)24-18/h3-12H,1-2H3. The fourth-order valence-corrected chi connectivity index (χ4v) is 2.52. The molecule has 0 radical (unpaired) electrons. The fourth-order valence-electron chi connectivity index (χ4n) is 2.52. The van der Waals surface area contributed by atoms with Gasteiger partial charge in [0.05, 0.1) is 11.4 Å². The molecule has 122 valence electrons. The molecule has 0 fully saturated rings. The molecule has 0 saturated heterocycles. The van der Waals surface area contributed by atoms with E-state index in [2.05, 4.69) is 0 Å². The molecule has 5 heteroatoms. The average Bonchev–Trinajstić information content (AvgIpc) is 2.60. The van der Waals surface area contributed by atoms with E-state index in [0.717, 1.165) is 5.56 Å². The number of hydrogen-bond acceptors (Lipinski definition) is 3. The van der Waals surface area contributed by atoms with Crippen molar-refractivity contribution in [3.63, 3.8) is 0 Å². The highest BCUT2D eigenvalue weighted by molar-refractivity contribution is 5.93. The summed E-state index contributed by atoms with van der Waals surface area (Å²) < 4.78 is 18.6. The van der Waals surface area contributed by atoms with Crippen molar-refractivity contribution in [2.75, 3.05) is 7.05 Å². The summed E-state index contributed by atoms with van der Waals surface area (Å²) in [6, 6.07) is 13.6. The summed E-state index contributed by atoms with van der Waals surface area (Å²) in [5.74, 6) is -0.759. The van der Waals surface area contributed by atoms with E-state index >= 15 is 0 Å². The third-order valence-corrected chi connectivity index (χ3v) is 4.10. The van der Waals surface area contributed by atoms with Gasteiger partial charge < -0.3 is 9.32 Å². The second kappa shape index (κ2) is 6.28. The number of para-hydroxylation sites is 1. The lowest BCUT2D eigenvalue weighted by Gasteiger charge is -2.24. The number of halogens is 1. The molecular weight excluding hydrogens is 309 g/mol. The molecule has 0 aliphatic carbocycles. The van der Waals surface area contributed by atoms with Gasteiger partial charge in [0.25, 0.3) is 5.91 Å². The molecule has 1 atom stereocenters. The molecule has 0 aliphatic heterocycles. The second-order valence-corrected chi connectivity index (χ2v) is 5.61. The van der Waals surface area contributed by atoms with E-state index in [1.807, 2.05) is 6.92 Å². The summed E-state index contributed by atoms with van der Waals surface area (Å²) in [6.45, 7) is 1.82. The maximum Gasteiger partial charge on any atom is 0.289 e. The minimum Gasteiger partial charge on any atom is -0.451 e. The van der Waals surface area contributed by atoms with Gasteiger partial charge in [-0.3, -0.25) is 9.59 Å². The highest BCUT2D eigenvalue weighted by atomic mass is 19.1. The van der Waals surface area contributed by atoms with Crippen molar-refractivity contribution >= 4 is 16.9 Å². The van der Waals surface area contributed by atoms with E-state index in [4.69, 9.17) is 4.42 Å². The maximum absolute atomic E-state index is 13.0. The first-order chi connectivity index (χ1) is 11.5. The van der Waals surface area contributed by atoms with Crippen molar-refractivity contribution in [2.45, 2.75) is 13.0 Å². The summed E-state index contributed by atoms with van der Waals surface area (Å²) in [6.07, 6.45) is 0. The zero-order chi connectivity index (χ0) is 17.3. The minimum absolute atomic E-state index is 0.0184. The molecular formula is C19H16FNO3. The van der Waals surface area contributed by atoms with Crippen molar-refractivity contribution in [2.24, 2.45) is 0 Å². The Morgan fingerprint density at radius 1 is 1.12 bits per heavy atom. The van der Waals surface area contributed by atoms with E-state index < -0.39 is 5.91 Å². The number of hydrogen-bond donors (Lipinski definition) is 0. The number of benzene rings is 2. The smallest absolute Gasteiger partial charge is 0.289 e. The highest BCUT2D eigenvalue weighted by Gasteiger charge is 2.22. The van der Waals surface area contributed by atoms with Crippen LogP contribution in [0.5, 0.6) is 0 Å². The number of carbonyl (C=O) groups excluding carboxylic acids is 1. The Bertz CT molecular complexity index is 947. The Morgan fingerprint density at radius 3 is 2.50 bits per heavy atom.